The molecule has 140 valence electrons. The molecule has 0 radical (unpaired) electrons. The molecule has 0 bridgehead atoms. The summed E-state index contributed by atoms with van der Waals surface area (Å²) >= 11 is 0. The first-order valence-corrected chi connectivity index (χ1v) is 8.29. The SMILES string of the molecule is O=C(Nc1cccc2[nH]c(-c3cccc(C(F)(F)F)c3)nc12)c1cccnc1. The van der Waals surface area contributed by atoms with Crippen molar-refractivity contribution in [3.05, 3.63) is 78.1 Å². The van der Waals surface area contributed by atoms with Crippen molar-refractivity contribution in [2.75, 3.05) is 5.32 Å². The third kappa shape index (κ3) is 3.44. The number of aromatic amines is 1. The van der Waals surface area contributed by atoms with Gasteiger partial charge in [-0.1, -0.05) is 18.2 Å². The van der Waals surface area contributed by atoms with E-state index in [0.717, 1.165) is 12.1 Å². The van der Waals surface area contributed by atoms with E-state index in [1.54, 1.807) is 42.6 Å². The van der Waals surface area contributed by atoms with Gasteiger partial charge >= 0.3 is 6.18 Å². The average Bonchev–Trinajstić information content (AvgIpc) is 3.13. The highest BCUT2D eigenvalue weighted by Crippen LogP contribution is 2.32. The van der Waals surface area contributed by atoms with Crippen molar-refractivity contribution < 1.29 is 18.0 Å². The Balaban J connectivity index is 1.71. The van der Waals surface area contributed by atoms with Gasteiger partial charge in [0.2, 0.25) is 0 Å². The summed E-state index contributed by atoms with van der Waals surface area (Å²) in [6.07, 6.45) is -1.44. The first-order chi connectivity index (χ1) is 13.4. The van der Waals surface area contributed by atoms with Crippen LogP contribution in [0, 0.1) is 0 Å². The summed E-state index contributed by atoms with van der Waals surface area (Å²) < 4.78 is 38.9. The molecule has 8 heteroatoms. The Morgan fingerprint density at radius 3 is 2.61 bits per heavy atom. The average molecular weight is 382 g/mol. The number of hydrogen-bond acceptors (Lipinski definition) is 3. The van der Waals surface area contributed by atoms with Crippen LogP contribution in [0.5, 0.6) is 0 Å². The Bertz CT molecular complexity index is 1150. The molecule has 4 rings (SSSR count). The Kier molecular flexibility index (Phi) is 4.31. The zero-order valence-corrected chi connectivity index (χ0v) is 14.3. The van der Waals surface area contributed by atoms with Crippen molar-refractivity contribution in [2.24, 2.45) is 0 Å². The topological polar surface area (TPSA) is 70.7 Å². The minimum Gasteiger partial charge on any atom is -0.338 e. The number of amides is 1. The largest absolute Gasteiger partial charge is 0.416 e. The van der Waals surface area contributed by atoms with Crippen LogP contribution < -0.4 is 5.32 Å². The van der Waals surface area contributed by atoms with Crippen LogP contribution in [0.15, 0.2) is 67.0 Å². The third-order valence-corrected chi connectivity index (χ3v) is 4.15. The van der Waals surface area contributed by atoms with E-state index in [1.165, 1.54) is 12.3 Å². The summed E-state index contributed by atoms with van der Waals surface area (Å²) in [5, 5.41) is 2.76. The molecule has 28 heavy (non-hydrogen) atoms. The van der Waals surface area contributed by atoms with E-state index in [4.69, 9.17) is 0 Å². The van der Waals surface area contributed by atoms with E-state index < -0.39 is 11.7 Å². The lowest BCUT2D eigenvalue weighted by Gasteiger charge is -2.07. The summed E-state index contributed by atoms with van der Waals surface area (Å²) in [6.45, 7) is 0. The number of nitrogens with zero attached hydrogens (tertiary/aromatic N) is 2. The van der Waals surface area contributed by atoms with Gasteiger partial charge in [-0.2, -0.15) is 13.2 Å². The van der Waals surface area contributed by atoms with E-state index in [2.05, 4.69) is 20.3 Å². The van der Waals surface area contributed by atoms with Crippen LogP contribution in [0.2, 0.25) is 0 Å². The van der Waals surface area contributed by atoms with E-state index in [1.807, 2.05) is 0 Å². The fourth-order valence-corrected chi connectivity index (χ4v) is 2.80. The molecular formula is C20H13F3N4O. The summed E-state index contributed by atoms with van der Waals surface area (Å²) in [6, 6.07) is 13.3. The molecule has 0 spiro atoms. The van der Waals surface area contributed by atoms with Crippen LogP contribution in [0.3, 0.4) is 0 Å². The predicted molar refractivity (Wildman–Crippen MR) is 98.7 cm³/mol. The predicted octanol–water partition coefficient (Wildman–Crippen LogP) is 4.90. The monoisotopic (exact) mass is 382 g/mol. The lowest BCUT2D eigenvalue weighted by atomic mass is 10.1. The summed E-state index contributed by atoms with van der Waals surface area (Å²) in [7, 11) is 0. The number of carbonyl (C=O) groups is 1. The summed E-state index contributed by atoms with van der Waals surface area (Å²) in [4.78, 5) is 23.7. The van der Waals surface area contributed by atoms with Gasteiger partial charge in [0, 0.05) is 18.0 Å². The van der Waals surface area contributed by atoms with Crippen LogP contribution in [0.25, 0.3) is 22.4 Å². The number of anilines is 1. The van der Waals surface area contributed by atoms with Gasteiger partial charge in [0.05, 0.1) is 22.3 Å². The van der Waals surface area contributed by atoms with Gasteiger partial charge in [0.15, 0.2) is 0 Å². The molecule has 0 fully saturated rings. The highest BCUT2D eigenvalue weighted by atomic mass is 19.4. The van der Waals surface area contributed by atoms with Crippen LogP contribution in [0.1, 0.15) is 15.9 Å². The minimum atomic E-state index is -4.44. The third-order valence-electron chi connectivity index (χ3n) is 4.15. The standard InChI is InChI=1S/C20H13F3N4O/c21-20(22,23)14-6-1-4-12(10-14)18-25-15-7-2-8-16(17(15)27-18)26-19(28)13-5-3-9-24-11-13/h1-11H,(H,25,27)(H,26,28). The second-order valence-corrected chi connectivity index (χ2v) is 6.06. The normalized spacial score (nSPS) is 11.5. The number of pyridine rings is 1. The number of hydrogen-bond donors (Lipinski definition) is 2. The molecule has 0 aliphatic rings. The highest BCUT2D eigenvalue weighted by molar-refractivity contribution is 6.08. The number of halogens is 3. The van der Waals surface area contributed by atoms with Gasteiger partial charge < -0.3 is 10.3 Å². The van der Waals surface area contributed by atoms with Crippen LogP contribution in [0.4, 0.5) is 18.9 Å². The van der Waals surface area contributed by atoms with Crippen molar-refractivity contribution >= 4 is 22.6 Å². The molecule has 4 aromatic rings. The summed E-state index contributed by atoms with van der Waals surface area (Å²) in [5.41, 5.74) is 1.42. The Hall–Kier alpha value is -3.68. The van der Waals surface area contributed by atoms with Gasteiger partial charge in [-0.3, -0.25) is 9.78 Å². The first kappa shape index (κ1) is 17.7. The lowest BCUT2D eigenvalue weighted by molar-refractivity contribution is -0.137. The maximum absolute atomic E-state index is 13.0. The molecule has 0 unspecified atom stereocenters. The summed E-state index contributed by atoms with van der Waals surface area (Å²) in [5.74, 6) is -0.0756. The van der Waals surface area contributed by atoms with Crippen molar-refractivity contribution in [2.45, 2.75) is 6.18 Å². The molecule has 2 heterocycles. The zero-order chi connectivity index (χ0) is 19.7. The molecule has 0 atom stereocenters. The van der Waals surface area contributed by atoms with Crippen molar-refractivity contribution in [1.29, 1.82) is 0 Å². The van der Waals surface area contributed by atoms with Gasteiger partial charge in [-0.25, -0.2) is 4.98 Å². The van der Waals surface area contributed by atoms with E-state index >= 15 is 0 Å². The Labute approximate surface area is 157 Å². The Morgan fingerprint density at radius 2 is 1.86 bits per heavy atom. The molecule has 0 aliphatic heterocycles. The maximum Gasteiger partial charge on any atom is 0.416 e. The number of fused-ring (bicyclic) bond motifs is 1. The van der Waals surface area contributed by atoms with Crippen LogP contribution in [-0.2, 0) is 6.18 Å². The fraction of sp³-hybridized carbons (Fsp3) is 0.0500. The van der Waals surface area contributed by atoms with Crippen molar-refractivity contribution in [3.8, 4) is 11.4 Å². The number of carbonyl (C=O) groups excluding carboxylic acids is 1. The van der Waals surface area contributed by atoms with E-state index in [0.29, 0.717) is 27.8 Å². The molecule has 2 aromatic carbocycles. The number of nitrogens with one attached hydrogen (secondary N) is 2. The lowest BCUT2D eigenvalue weighted by Crippen LogP contribution is -2.12. The van der Waals surface area contributed by atoms with Gasteiger partial charge in [-0.15, -0.1) is 0 Å². The van der Waals surface area contributed by atoms with Gasteiger partial charge in [0.1, 0.15) is 11.3 Å². The second-order valence-electron chi connectivity index (χ2n) is 6.06. The zero-order valence-electron chi connectivity index (χ0n) is 14.3. The number of H-pyrrole nitrogens is 1. The van der Waals surface area contributed by atoms with E-state index in [9.17, 15) is 18.0 Å². The van der Waals surface area contributed by atoms with Crippen LogP contribution >= 0.6 is 0 Å². The van der Waals surface area contributed by atoms with Crippen molar-refractivity contribution in [3.63, 3.8) is 0 Å². The number of rotatable bonds is 3. The number of imidazole rings is 1. The molecular weight excluding hydrogens is 369 g/mol. The molecule has 0 aliphatic carbocycles. The van der Waals surface area contributed by atoms with Gasteiger partial charge in [0.25, 0.3) is 5.91 Å². The molecule has 5 nitrogen and oxygen atoms in total. The van der Waals surface area contributed by atoms with Crippen molar-refractivity contribution in [1.82, 2.24) is 15.0 Å². The first-order valence-electron chi connectivity index (χ1n) is 8.29. The molecule has 0 saturated carbocycles. The second kappa shape index (κ2) is 6.80. The highest BCUT2D eigenvalue weighted by Gasteiger charge is 2.30. The van der Waals surface area contributed by atoms with Gasteiger partial charge in [-0.05, 0) is 36.4 Å². The van der Waals surface area contributed by atoms with E-state index in [-0.39, 0.29) is 11.7 Å². The number of benzene rings is 2. The Morgan fingerprint density at radius 1 is 1.04 bits per heavy atom. The number of alkyl halides is 3. The molecule has 0 saturated heterocycles. The molecule has 2 N–H and O–H groups in total. The minimum absolute atomic E-state index is 0.282. The maximum atomic E-state index is 13.0. The molecule has 1 amide bonds. The molecule has 2 aromatic heterocycles. The van der Waals surface area contributed by atoms with Crippen LogP contribution in [-0.4, -0.2) is 20.9 Å². The number of para-hydroxylation sites is 1. The number of aromatic nitrogens is 3. The smallest absolute Gasteiger partial charge is 0.338 e. The fourth-order valence-electron chi connectivity index (χ4n) is 2.80. The quantitative estimate of drug-likeness (QED) is 0.530.